The second-order valence-corrected chi connectivity index (χ2v) is 7.19. The largest absolute Gasteiger partial charge is 0.381 e. The van der Waals surface area contributed by atoms with Gasteiger partial charge in [0.15, 0.2) is 5.96 Å². The fourth-order valence-electron chi connectivity index (χ4n) is 3.65. The Bertz CT molecular complexity index is 600. The van der Waals surface area contributed by atoms with Crippen molar-refractivity contribution in [2.24, 2.45) is 10.9 Å². The standard InChI is InChI=1S/C20H30FN3O/c1-3-22-19(24-12-9-16(13-24)14-25-4-2)23-15-20(10-11-20)17-7-5-6-8-18(17)21/h5-8,16H,3-4,9-15H2,1-2H3,(H,22,23). The van der Waals surface area contributed by atoms with Gasteiger partial charge < -0.3 is 15.0 Å². The lowest BCUT2D eigenvalue weighted by Gasteiger charge is -2.23. The number of aliphatic imine (C=N–C) groups is 1. The molecule has 0 aromatic heterocycles. The molecule has 3 rings (SSSR count). The molecule has 0 spiro atoms. The van der Waals surface area contributed by atoms with E-state index in [9.17, 15) is 4.39 Å². The smallest absolute Gasteiger partial charge is 0.193 e. The van der Waals surface area contributed by atoms with Gasteiger partial charge in [-0.05, 0) is 44.7 Å². The average Bonchev–Trinajstić information content (AvgIpc) is 3.26. The third-order valence-corrected chi connectivity index (χ3v) is 5.31. The molecule has 1 saturated heterocycles. The van der Waals surface area contributed by atoms with Gasteiger partial charge in [-0.3, -0.25) is 4.99 Å². The first-order valence-electron chi connectivity index (χ1n) is 9.54. The Morgan fingerprint density at radius 2 is 2.16 bits per heavy atom. The maximum absolute atomic E-state index is 14.2. The number of ether oxygens (including phenoxy) is 1. The van der Waals surface area contributed by atoms with Crippen LogP contribution in [0.2, 0.25) is 0 Å². The number of hydrogen-bond donors (Lipinski definition) is 1. The van der Waals surface area contributed by atoms with Crippen LogP contribution in [0, 0.1) is 11.7 Å². The number of likely N-dealkylation sites (tertiary alicyclic amines) is 1. The van der Waals surface area contributed by atoms with E-state index in [1.165, 1.54) is 0 Å². The van der Waals surface area contributed by atoms with Crippen LogP contribution in [0.5, 0.6) is 0 Å². The fourth-order valence-corrected chi connectivity index (χ4v) is 3.65. The number of guanidine groups is 1. The predicted molar refractivity (Wildman–Crippen MR) is 99.5 cm³/mol. The third-order valence-electron chi connectivity index (χ3n) is 5.31. The van der Waals surface area contributed by atoms with E-state index in [1.54, 1.807) is 12.1 Å². The van der Waals surface area contributed by atoms with Crippen LogP contribution in [0.4, 0.5) is 4.39 Å². The Kier molecular flexibility index (Phi) is 5.94. The van der Waals surface area contributed by atoms with Crippen LogP contribution in [0.15, 0.2) is 29.3 Å². The van der Waals surface area contributed by atoms with Crippen LogP contribution in [0.3, 0.4) is 0 Å². The predicted octanol–water partition coefficient (Wildman–Crippen LogP) is 3.18. The molecule has 5 heteroatoms. The Labute approximate surface area is 150 Å². The van der Waals surface area contributed by atoms with Gasteiger partial charge in [-0.15, -0.1) is 0 Å². The summed E-state index contributed by atoms with van der Waals surface area (Å²) < 4.78 is 19.8. The van der Waals surface area contributed by atoms with Crippen LogP contribution in [0.25, 0.3) is 0 Å². The molecule has 1 N–H and O–H groups in total. The molecule has 1 heterocycles. The van der Waals surface area contributed by atoms with E-state index in [-0.39, 0.29) is 11.2 Å². The highest BCUT2D eigenvalue weighted by atomic mass is 19.1. The minimum absolute atomic E-state index is 0.0989. The van der Waals surface area contributed by atoms with E-state index in [1.807, 2.05) is 19.1 Å². The summed E-state index contributed by atoms with van der Waals surface area (Å²) in [6, 6.07) is 7.15. The van der Waals surface area contributed by atoms with Gasteiger partial charge >= 0.3 is 0 Å². The van der Waals surface area contributed by atoms with E-state index in [0.717, 1.165) is 63.6 Å². The molecular weight excluding hydrogens is 317 g/mol. The van der Waals surface area contributed by atoms with Crippen molar-refractivity contribution >= 4 is 5.96 Å². The minimum Gasteiger partial charge on any atom is -0.381 e. The lowest BCUT2D eigenvalue weighted by atomic mass is 9.95. The second-order valence-electron chi connectivity index (χ2n) is 7.19. The van der Waals surface area contributed by atoms with Gasteiger partial charge in [0.25, 0.3) is 0 Å². The maximum Gasteiger partial charge on any atom is 0.193 e. The first-order chi connectivity index (χ1) is 12.2. The molecule has 0 bridgehead atoms. The highest BCUT2D eigenvalue weighted by molar-refractivity contribution is 5.80. The van der Waals surface area contributed by atoms with Gasteiger partial charge in [-0.1, -0.05) is 18.2 Å². The van der Waals surface area contributed by atoms with Crippen molar-refractivity contribution in [2.75, 3.05) is 39.4 Å². The number of halogens is 1. The monoisotopic (exact) mass is 347 g/mol. The highest BCUT2D eigenvalue weighted by Crippen LogP contribution is 2.49. The Balaban J connectivity index is 1.66. The molecule has 138 valence electrons. The molecule has 1 aliphatic carbocycles. The van der Waals surface area contributed by atoms with Gasteiger partial charge in [-0.2, -0.15) is 0 Å². The molecule has 1 aromatic rings. The zero-order chi connectivity index (χ0) is 17.7. The van der Waals surface area contributed by atoms with Gasteiger partial charge in [0, 0.05) is 37.6 Å². The maximum atomic E-state index is 14.2. The van der Waals surface area contributed by atoms with Crippen LogP contribution < -0.4 is 5.32 Å². The summed E-state index contributed by atoms with van der Waals surface area (Å²) in [6.45, 7) is 9.22. The average molecular weight is 347 g/mol. The lowest BCUT2D eigenvalue weighted by molar-refractivity contribution is 0.114. The zero-order valence-electron chi connectivity index (χ0n) is 15.4. The summed E-state index contributed by atoms with van der Waals surface area (Å²) in [5, 5.41) is 3.41. The van der Waals surface area contributed by atoms with Crippen LogP contribution in [-0.2, 0) is 10.2 Å². The topological polar surface area (TPSA) is 36.9 Å². The molecule has 2 fully saturated rings. The molecule has 0 amide bonds. The molecule has 0 radical (unpaired) electrons. The van der Waals surface area contributed by atoms with E-state index in [4.69, 9.17) is 9.73 Å². The van der Waals surface area contributed by atoms with Crippen molar-refractivity contribution in [1.29, 1.82) is 0 Å². The first kappa shape index (κ1) is 18.2. The van der Waals surface area contributed by atoms with Crippen molar-refractivity contribution in [3.63, 3.8) is 0 Å². The summed E-state index contributed by atoms with van der Waals surface area (Å²) >= 11 is 0. The van der Waals surface area contributed by atoms with Gasteiger partial charge in [0.05, 0.1) is 13.2 Å². The first-order valence-corrected chi connectivity index (χ1v) is 9.54. The summed E-state index contributed by atoms with van der Waals surface area (Å²) in [7, 11) is 0. The van der Waals surface area contributed by atoms with E-state index < -0.39 is 0 Å². The number of benzene rings is 1. The molecule has 4 nitrogen and oxygen atoms in total. The summed E-state index contributed by atoms with van der Waals surface area (Å²) in [6.07, 6.45) is 3.18. The Morgan fingerprint density at radius 1 is 1.36 bits per heavy atom. The molecule has 1 atom stereocenters. The van der Waals surface area contributed by atoms with Crippen LogP contribution in [-0.4, -0.2) is 50.3 Å². The minimum atomic E-state index is -0.101. The number of rotatable bonds is 7. The molecule has 1 aliphatic heterocycles. The number of hydrogen-bond acceptors (Lipinski definition) is 2. The molecule has 1 saturated carbocycles. The normalized spacial score (nSPS) is 22.3. The third kappa shape index (κ3) is 4.32. The molecule has 25 heavy (non-hydrogen) atoms. The Hall–Kier alpha value is -1.62. The SMILES string of the molecule is CCNC(=NCC1(c2ccccc2F)CC1)N1CCC(COCC)C1. The molecule has 1 aromatic carbocycles. The molecule has 1 unspecified atom stereocenters. The quantitative estimate of drug-likeness (QED) is 0.608. The molecule has 2 aliphatic rings. The second kappa shape index (κ2) is 8.17. The van der Waals surface area contributed by atoms with Gasteiger partial charge in [0.2, 0.25) is 0 Å². The van der Waals surface area contributed by atoms with E-state index >= 15 is 0 Å². The molecular formula is C20H30FN3O. The fraction of sp³-hybridized carbons (Fsp3) is 0.650. The summed E-state index contributed by atoms with van der Waals surface area (Å²) in [4.78, 5) is 7.21. The number of nitrogens with zero attached hydrogens (tertiary/aromatic N) is 2. The zero-order valence-corrected chi connectivity index (χ0v) is 15.4. The van der Waals surface area contributed by atoms with Gasteiger partial charge in [0.1, 0.15) is 5.82 Å². The van der Waals surface area contributed by atoms with Crippen molar-refractivity contribution < 1.29 is 9.13 Å². The van der Waals surface area contributed by atoms with Crippen molar-refractivity contribution in [3.05, 3.63) is 35.6 Å². The van der Waals surface area contributed by atoms with Crippen LogP contribution >= 0.6 is 0 Å². The van der Waals surface area contributed by atoms with Crippen molar-refractivity contribution in [3.8, 4) is 0 Å². The summed E-state index contributed by atoms with van der Waals surface area (Å²) in [5.74, 6) is 1.44. The van der Waals surface area contributed by atoms with E-state index in [2.05, 4.69) is 17.1 Å². The van der Waals surface area contributed by atoms with Gasteiger partial charge in [-0.25, -0.2) is 4.39 Å². The van der Waals surface area contributed by atoms with Crippen LogP contribution in [0.1, 0.15) is 38.7 Å². The lowest BCUT2D eigenvalue weighted by Crippen LogP contribution is -2.40. The van der Waals surface area contributed by atoms with Crippen molar-refractivity contribution in [2.45, 2.75) is 38.5 Å². The van der Waals surface area contributed by atoms with E-state index in [0.29, 0.717) is 12.5 Å². The highest BCUT2D eigenvalue weighted by Gasteiger charge is 2.46. The Morgan fingerprint density at radius 3 is 2.84 bits per heavy atom. The number of nitrogens with one attached hydrogen (secondary N) is 1. The van der Waals surface area contributed by atoms with Crippen molar-refractivity contribution in [1.82, 2.24) is 10.2 Å². The summed E-state index contributed by atoms with van der Waals surface area (Å²) in [5.41, 5.74) is 0.724.